The lowest BCUT2D eigenvalue weighted by molar-refractivity contribution is -0.124. The maximum Gasteiger partial charge on any atom is 0.258 e. The topological polar surface area (TPSA) is 50.4 Å². The Morgan fingerprint density at radius 3 is 2.31 bits per heavy atom. The van der Waals surface area contributed by atoms with Crippen LogP contribution in [0.2, 0.25) is 0 Å². The number of hydrogen-bond donors (Lipinski definition) is 2. The van der Waals surface area contributed by atoms with Gasteiger partial charge in [0.2, 0.25) is 0 Å². The molecule has 1 amide bonds. The summed E-state index contributed by atoms with van der Waals surface area (Å²) in [6.45, 7) is 9.44. The van der Waals surface area contributed by atoms with E-state index in [4.69, 9.17) is 4.74 Å². The summed E-state index contributed by atoms with van der Waals surface area (Å²) in [7, 11) is 0. The maximum atomic E-state index is 11.9. The summed E-state index contributed by atoms with van der Waals surface area (Å²) in [4.78, 5) is 11.9. The number of carbonyl (C=O) groups is 1. The minimum atomic E-state index is -0.254. The van der Waals surface area contributed by atoms with Crippen molar-refractivity contribution in [3.63, 3.8) is 0 Å². The predicted molar refractivity (Wildman–Crippen MR) is 109 cm³/mol. The molecule has 0 aromatic heterocycles. The quantitative estimate of drug-likeness (QED) is 0.767. The van der Waals surface area contributed by atoms with Gasteiger partial charge in [0, 0.05) is 24.2 Å². The van der Waals surface area contributed by atoms with Crippen LogP contribution in [0.15, 0.2) is 48.5 Å². The number of para-hydroxylation sites is 1. The Morgan fingerprint density at radius 2 is 1.65 bits per heavy atom. The molecular formula is C21H29ClN2O2. The van der Waals surface area contributed by atoms with Crippen molar-refractivity contribution in [1.29, 1.82) is 0 Å². The second-order valence-electron chi connectivity index (χ2n) is 7.28. The van der Waals surface area contributed by atoms with Gasteiger partial charge in [0.15, 0.2) is 6.61 Å². The Balaban J connectivity index is 0.00000338. The maximum absolute atomic E-state index is 11.9. The zero-order valence-electron chi connectivity index (χ0n) is 16.0. The third kappa shape index (κ3) is 7.89. The van der Waals surface area contributed by atoms with Crippen LogP contribution in [-0.2, 0) is 17.9 Å². The predicted octanol–water partition coefficient (Wildman–Crippen LogP) is 4.00. The Kier molecular flexibility index (Phi) is 8.62. The first-order valence-corrected chi connectivity index (χ1v) is 8.61. The molecule has 0 aliphatic heterocycles. The Morgan fingerprint density at radius 1 is 1.00 bits per heavy atom. The number of hydrogen-bond acceptors (Lipinski definition) is 3. The third-order valence-electron chi connectivity index (χ3n) is 3.61. The molecule has 142 valence electrons. The zero-order chi connectivity index (χ0) is 18.3. The highest BCUT2D eigenvalue weighted by Gasteiger charge is 2.14. The second kappa shape index (κ2) is 10.2. The fourth-order valence-electron chi connectivity index (χ4n) is 2.44. The third-order valence-corrected chi connectivity index (χ3v) is 3.61. The van der Waals surface area contributed by atoms with Crippen molar-refractivity contribution in [2.75, 3.05) is 6.61 Å². The molecule has 0 aliphatic rings. The highest BCUT2D eigenvalue weighted by atomic mass is 35.5. The Bertz CT molecular complexity index is 694. The van der Waals surface area contributed by atoms with Crippen LogP contribution in [0.4, 0.5) is 0 Å². The summed E-state index contributed by atoms with van der Waals surface area (Å²) in [5.41, 5.74) is 3.29. The minimum absolute atomic E-state index is 0. The molecule has 0 heterocycles. The molecule has 0 aliphatic carbocycles. The van der Waals surface area contributed by atoms with Crippen LogP contribution in [0.25, 0.3) is 0 Å². The van der Waals surface area contributed by atoms with Gasteiger partial charge in [-0.1, -0.05) is 48.0 Å². The molecule has 0 radical (unpaired) electrons. The molecule has 0 bridgehead atoms. The van der Waals surface area contributed by atoms with Crippen molar-refractivity contribution < 1.29 is 9.53 Å². The average molecular weight is 377 g/mol. The molecule has 5 heteroatoms. The summed E-state index contributed by atoms with van der Waals surface area (Å²) in [6.07, 6.45) is 0. The van der Waals surface area contributed by atoms with Gasteiger partial charge in [0.25, 0.3) is 5.91 Å². The SMILES string of the molecule is Cc1ccc(CNCc2ccccc2OCC(=O)NC(C)(C)C)cc1.Cl. The van der Waals surface area contributed by atoms with Crippen LogP contribution >= 0.6 is 12.4 Å². The van der Waals surface area contributed by atoms with Crippen molar-refractivity contribution in [2.45, 2.75) is 46.3 Å². The molecule has 2 aromatic rings. The van der Waals surface area contributed by atoms with Gasteiger partial charge < -0.3 is 15.4 Å². The molecular weight excluding hydrogens is 348 g/mol. The summed E-state index contributed by atoms with van der Waals surface area (Å²) >= 11 is 0. The van der Waals surface area contributed by atoms with Gasteiger partial charge in [-0.05, 0) is 39.3 Å². The Labute approximate surface area is 162 Å². The van der Waals surface area contributed by atoms with Crippen LogP contribution in [0.5, 0.6) is 5.75 Å². The van der Waals surface area contributed by atoms with Gasteiger partial charge in [-0.3, -0.25) is 4.79 Å². The lowest BCUT2D eigenvalue weighted by Gasteiger charge is -2.20. The van der Waals surface area contributed by atoms with Gasteiger partial charge in [0.1, 0.15) is 5.75 Å². The first kappa shape index (κ1) is 22.0. The van der Waals surface area contributed by atoms with Gasteiger partial charge in [0.05, 0.1) is 0 Å². The molecule has 0 saturated heterocycles. The molecule has 0 unspecified atom stereocenters. The number of aryl methyl sites for hydroxylation is 1. The molecule has 2 aromatic carbocycles. The molecule has 0 spiro atoms. The number of ether oxygens (including phenoxy) is 1. The number of halogens is 1. The van der Waals surface area contributed by atoms with Crippen molar-refractivity contribution in [3.05, 3.63) is 65.2 Å². The van der Waals surface area contributed by atoms with Crippen LogP contribution < -0.4 is 15.4 Å². The van der Waals surface area contributed by atoms with Crippen molar-refractivity contribution in [2.24, 2.45) is 0 Å². The zero-order valence-corrected chi connectivity index (χ0v) is 16.8. The number of nitrogens with one attached hydrogen (secondary N) is 2. The monoisotopic (exact) mass is 376 g/mol. The number of benzene rings is 2. The van der Waals surface area contributed by atoms with Crippen LogP contribution in [0.3, 0.4) is 0 Å². The van der Waals surface area contributed by atoms with E-state index in [2.05, 4.69) is 41.8 Å². The molecule has 2 rings (SSSR count). The van der Waals surface area contributed by atoms with Crippen LogP contribution in [-0.4, -0.2) is 18.1 Å². The van der Waals surface area contributed by atoms with Crippen molar-refractivity contribution in [3.8, 4) is 5.75 Å². The smallest absolute Gasteiger partial charge is 0.258 e. The lowest BCUT2D eigenvalue weighted by atomic mass is 10.1. The van der Waals surface area contributed by atoms with E-state index in [1.165, 1.54) is 11.1 Å². The summed E-state index contributed by atoms with van der Waals surface area (Å²) < 4.78 is 5.71. The van der Waals surface area contributed by atoms with Crippen LogP contribution in [0, 0.1) is 6.92 Å². The fraction of sp³-hybridized carbons (Fsp3) is 0.381. The minimum Gasteiger partial charge on any atom is -0.483 e. The number of amides is 1. The summed E-state index contributed by atoms with van der Waals surface area (Å²) in [6, 6.07) is 16.3. The summed E-state index contributed by atoms with van der Waals surface area (Å²) in [5, 5.41) is 6.32. The average Bonchev–Trinajstić information content (AvgIpc) is 2.54. The van der Waals surface area contributed by atoms with Gasteiger partial charge in [-0.2, -0.15) is 0 Å². The van der Waals surface area contributed by atoms with Gasteiger partial charge in [-0.25, -0.2) is 0 Å². The Hall–Kier alpha value is -2.04. The second-order valence-corrected chi connectivity index (χ2v) is 7.28. The molecule has 26 heavy (non-hydrogen) atoms. The van der Waals surface area contributed by atoms with E-state index >= 15 is 0 Å². The highest BCUT2D eigenvalue weighted by molar-refractivity contribution is 5.85. The van der Waals surface area contributed by atoms with Crippen molar-refractivity contribution in [1.82, 2.24) is 10.6 Å². The molecule has 2 N–H and O–H groups in total. The van der Waals surface area contributed by atoms with Gasteiger partial charge >= 0.3 is 0 Å². The number of carbonyl (C=O) groups excluding carboxylic acids is 1. The van der Waals surface area contributed by atoms with E-state index in [1.807, 2.05) is 45.0 Å². The van der Waals surface area contributed by atoms with Crippen molar-refractivity contribution >= 4 is 18.3 Å². The fourth-order valence-corrected chi connectivity index (χ4v) is 2.44. The molecule has 0 saturated carbocycles. The van der Waals surface area contributed by atoms with Crippen LogP contribution in [0.1, 0.15) is 37.5 Å². The molecule has 0 atom stereocenters. The van der Waals surface area contributed by atoms with E-state index in [-0.39, 0.29) is 30.5 Å². The number of rotatable bonds is 7. The normalized spacial score (nSPS) is 10.8. The lowest BCUT2D eigenvalue weighted by Crippen LogP contribution is -2.43. The van der Waals surface area contributed by atoms with E-state index in [1.54, 1.807) is 0 Å². The first-order chi connectivity index (χ1) is 11.8. The van der Waals surface area contributed by atoms with E-state index < -0.39 is 0 Å². The van der Waals surface area contributed by atoms with E-state index in [9.17, 15) is 4.79 Å². The van der Waals surface area contributed by atoms with E-state index in [0.717, 1.165) is 17.9 Å². The largest absolute Gasteiger partial charge is 0.483 e. The molecule has 0 fully saturated rings. The van der Waals surface area contributed by atoms with Gasteiger partial charge in [-0.15, -0.1) is 12.4 Å². The van der Waals surface area contributed by atoms with E-state index in [0.29, 0.717) is 6.54 Å². The standard InChI is InChI=1S/C21H28N2O2.ClH/c1-16-9-11-17(12-10-16)13-22-14-18-7-5-6-8-19(18)25-15-20(24)23-21(2,3)4;/h5-12,22H,13-15H2,1-4H3,(H,23,24);1H. The molecule has 4 nitrogen and oxygen atoms in total. The highest BCUT2D eigenvalue weighted by Crippen LogP contribution is 2.18. The summed E-state index contributed by atoms with van der Waals surface area (Å²) in [5.74, 6) is 0.623. The first-order valence-electron chi connectivity index (χ1n) is 8.61.